The van der Waals surface area contributed by atoms with E-state index in [1.165, 1.54) is 27.4 Å². The SMILES string of the molecule is COC(=O)C(C)(C)C(=O)OC1CCCCC1. The van der Waals surface area contributed by atoms with Gasteiger partial charge in [-0.2, -0.15) is 0 Å². The summed E-state index contributed by atoms with van der Waals surface area (Å²) in [7, 11) is 1.28. The first-order valence-corrected chi connectivity index (χ1v) is 5.78. The highest BCUT2D eigenvalue weighted by molar-refractivity contribution is 5.99. The molecule has 0 aromatic rings. The van der Waals surface area contributed by atoms with Crippen molar-refractivity contribution >= 4 is 11.9 Å². The molecular weight excluding hydrogens is 208 g/mol. The summed E-state index contributed by atoms with van der Waals surface area (Å²) in [6.45, 7) is 3.06. The first-order chi connectivity index (χ1) is 7.48. The molecule has 0 unspecified atom stereocenters. The molecule has 0 atom stereocenters. The summed E-state index contributed by atoms with van der Waals surface area (Å²) in [5.74, 6) is -1.03. The Morgan fingerprint density at radius 1 is 1.06 bits per heavy atom. The van der Waals surface area contributed by atoms with Crippen molar-refractivity contribution in [1.82, 2.24) is 0 Å². The number of hydrogen-bond donors (Lipinski definition) is 0. The van der Waals surface area contributed by atoms with Gasteiger partial charge in [0.15, 0.2) is 5.41 Å². The van der Waals surface area contributed by atoms with Crippen LogP contribution in [-0.2, 0) is 19.1 Å². The van der Waals surface area contributed by atoms with Crippen LogP contribution in [0.2, 0.25) is 0 Å². The fourth-order valence-corrected chi connectivity index (χ4v) is 1.82. The van der Waals surface area contributed by atoms with E-state index in [9.17, 15) is 9.59 Å². The van der Waals surface area contributed by atoms with Crippen molar-refractivity contribution in [3.63, 3.8) is 0 Å². The van der Waals surface area contributed by atoms with Crippen LogP contribution in [0.5, 0.6) is 0 Å². The Morgan fingerprint density at radius 2 is 1.62 bits per heavy atom. The van der Waals surface area contributed by atoms with Gasteiger partial charge in [0.2, 0.25) is 0 Å². The van der Waals surface area contributed by atoms with Crippen LogP contribution in [0.1, 0.15) is 46.0 Å². The molecule has 0 aromatic heterocycles. The highest BCUT2D eigenvalue weighted by Gasteiger charge is 2.40. The summed E-state index contributed by atoms with van der Waals surface area (Å²) >= 11 is 0. The van der Waals surface area contributed by atoms with Gasteiger partial charge in [0.25, 0.3) is 0 Å². The second kappa shape index (κ2) is 5.32. The monoisotopic (exact) mass is 228 g/mol. The third kappa shape index (κ3) is 2.97. The molecule has 0 aliphatic heterocycles. The average molecular weight is 228 g/mol. The van der Waals surface area contributed by atoms with Crippen molar-refractivity contribution in [1.29, 1.82) is 0 Å². The minimum Gasteiger partial charge on any atom is -0.468 e. The molecule has 1 fully saturated rings. The van der Waals surface area contributed by atoms with Crippen molar-refractivity contribution in [3.8, 4) is 0 Å². The summed E-state index contributed by atoms with van der Waals surface area (Å²) in [4.78, 5) is 23.2. The molecule has 0 aromatic carbocycles. The molecule has 16 heavy (non-hydrogen) atoms. The molecule has 1 rings (SSSR count). The molecule has 0 saturated heterocycles. The zero-order chi connectivity index (χ0) is 12.2. The zero-order valence-corrected chi connectivity index (χ0v) is 10.2. The summed E-state index contributed by atoms with van der Waals surface area (Å²) in [5.41, 5.74) is -1.20. The maximum Gasteiger partial charge on any atom is 0.323 e. The van der Waals surface area contributed by atoms with E-state index in [1.807, 2.05) is 0 Å². The Kier molecular flexibility index (Phi) is 4.33. The highest BCUT2D eigenvalue weighted by Crippen LogP contribution is 2.25. The molecule has 0 bridgehead atoms. The van der Waals surface area contributed by atoms with Crippen LogP contribution >= 0.6 is 0 Å². The maximum absolute atomic E-state index is 11.8. The number of esters is 2. The van der Waals surface area contributed by atoms with Crippen molar-refractivity contribution in [2.45, 2.75) is 52.1 Å². The molecule has 0 heterocycles. The molecule has 0 N–H and O–H groups in total. The zero-order valence-electron chi connectivity index (χ0n) is 10.2. The van der Waals surface area contributed by atoms with Gasteiger partial charge in [0, 0.05) is 0 Å². The van der Waals surface area contributed by atoms with E-state index in [4.69, 9.17) is 4.74 Å². The number of carbonyl (C=O) groups excluding carboxylic acids is 2. The third-order valence-corrected chi connectivity index (χ3v) is 3.03. The van der Waals surface area contributed by atoms with E-state index in [0.29, 0.717) is 0 Å². The Hall–Kier alpha value is -1.06. The smallest absolute Gasteiger partial charge is 0.323 e. The molecule has 92 valence electrons. The number of methoxy groups -OCH3 is 1. The molecule has 0 radical (unpaired) electrons. The third-order valence-electron chi connectivity index (χ3n) is 3.03. The molecule has 4 nitrogen and oxygen atoms in total. The summed E-state index contributed by atoms with van der Waals surface area (Å²) in [6, 6.07) is 0. The molecule has 0 amide bonds. The minimum atomic E-state index is -1.20. The van der Waals surface area contributed by atoms with E-state index in [0.717, 1.165) is 25.7 Å². The van der Waals surface area contributed by atoms with Gasteiger partial charge in [0.05, 0.1) is 7.11 Å². The van der Waals surface area contributed by atoms with Gasteiger partial charge < -0.3 is 9.47 Å². The average Bonchev–Trinajstić information content (AvgIpc) is 2.29. The number of ether oxygens (including phenoxy) is 2. The summed E-state index contributed by atoms with van der Waals surface area (Å²) < 4.78 is 9.92. The molecule has 4 heteroatoms. The largest absolute Gasteiger partial charge is 0.468 e. The number of hydrogen-bond acceptors (Lipinski definition) is 4. The van der Waals surface area contributed by atoms with E-state index in [1.54, 1.807) is 0 Å². The summed E-state index contributed by atoms with van der Waals surface area (Å²) in [5, 5.41) is 0. The Bertz CT molecular complexity index is 264. The number of rotatable bonds is 3. The normalized spacial score (nSPS) is 17.9. The van der Waals surface area contributed by atoms with Gasteiger partial charge in [0.1, 0.15) is 6.10 Å². The van der Waals surface area contributed by atoms with Gasteiger partial charge in [-0.1, -0.05) is 6.42 Å². The highest BCUT2D eigenvalue weighted by atomic mass is 16.6. The number of carbonyl (C=O) groups is 2. The molecule has 1 saturated carbocycles. The predicted octanol–water partition coefficient (Wildman–Crippen LogP) is 2.06. The second-order valence-corrected chi connectivity index (χ2v) is 4.78. The second-order valence-electron chi connectivity index (χ2n) is 4.78. The van der Waals surface area contributed by atoms with E-state index >= 15 is 0 Å². The molecule has 1 aliphatic carbocycles. The van der Waals surface area contributed by atoms with Crippen LogP contribution in [0.4, 0.5) is 0 Å². The van der Waals surface area contributed by atoms with E-state index < -0.39 is 17.4 Å². The van der Waals surface area contributed by atoms with Gasteiger partial charge in [-0.05, 0) is 39.5 Å². The summed E-state index contributed by atoms with van der Waals surface area (Å²) in [6.07, 6.45) is 5.18. The lowest BCUT2D eigenvalue weighted by molar-refractivity contribution is -0.172. The minimum absolute atomic E-state index is 0.0230. The first-order valence-electron chi connectivity index (χ1n) is 5.78. The predicted molar refractivity (Wildman–Crippen MR) is 58.8 cm³/mol. The van der Waals surface area contributed by atoms with Crippen LogP contribution in [0.15, 0.2) is 0 Å². The fourth-order valence-electron chi connectivity index (χ4n) is 1.82. The van der Waals surface area contributed by atoms with Crippen LogP contribution in [0.25, 0.3) is 0 Å². The van der Waals surface area contributed by atoms with E-state index in [2.05, 4.69) is 4.74 Å². The van der Waals surface area contributed by atoms with Gasteiger partial charge in [-0.25, -0.2) is 0 Å². The van der Waals surface area contributed by atoms with Crippen molar-refractivity contribution < 1.29 is 19.1 Å². The van der Waals surface area contributed by atoms with Gasteiger partial charge in [-0.15, -0.1) is 0 Å². The standard InChI is InChI=1S/C12H20O4/c1-12(2,10(13)15-3)11(14)16-9-7-5-4-6-8-9/h9H,4-8H2,1-3H3. The van der Waals surface area contributed by atoms with Crippen molar-refractivity contribution in [2.75, 3.05) is 7.11 Å². The first kappa shape index (κ1) is 13.0. The van der Waals surface area contributed by atoms with Crippen LogP contribution in [0, 0.1) is 5.41 Å². The van der Waals surface area contributed by atoms with Crippen LogP contribution in [0.3, 0.4) is 0 Å². The van der Waals surface area contributed by atoms with Crippen molar-refractivity contribution in [2.24, 2.45) is 5.41 Å². The lowest BCUT2D eigenvalue weighted by Crippen LogP contribution is -2.38. The topological polar surface area (TPSA) is 52.6 Å². The van der Waals surface area contributed by atoms with E-state index in [-0.39, 0.29) is 6.10 Å². The molecule has 1 aliphatic rings. The van der Waals surface area contributed by atoms with Crippen LogP contribution < -0.4 is 0 Å². The maximum atomic E-state index is 11.8. The fraction of sp³-hybridized carbons (Fsp3) is 0.833. The molecule has 0 spiro atoms. The van der Waals surface area contributed by atoms with Crippen molar-refractivity contribution in [3.05, 3.63) is 0 Å². The van der Waals surface area contributed by atoms with Crippen LogP contribution in [-0.4, -0.2) is 25.2 Å². The Morgan fingerprint density at radius 3 is 2.12 bits per heavy atom. The lowest BCUT2D eigenvalue weighted by atomic mass is 9.93. The molecular formula is C12H20O4. The lowest BCUT2D eigenvalue weighted by Gasteiger charge is -2.26. The van der Waals surface area contributed by atoms with Gasteiger partial charge in [-0.3, -0.25) is 9.59 Å². The quantitative estimate of drug-likeness (QED) is 0.548. The Labute approximate surface area is 96.3 Å². The van der Waals surface area contributed by atoms with Gasteiger partial charge >= 0.3 is 11.9 Å². The Balaban J connectivity index is 2.53.